The first kappa shape index (κ1) is 21.9. The first-order valence-electron chi connectivity index (χ1n) is 8.39. The molecule has 0 aliphatic carbocycles. The van der Waals surface area contributed by atoms with E-state index in [4.69, 9.17) is 5.73 Å². The number of hydrogen-bond acceptors (Lipinski definition) is 5. The van der Waals surface area contributed by atoms with Crippen molar-refractivity contribution in [3.05, 3.63) is 53.7 Å². The molecule has 13 heteroatoms. The van der Waals surface area contributed by atoms with Crippen LogP contribution in [0.4, 0.5) is 38.0 Å². The van der Waals surface area contributed by atoms with E-state index in [0.717, 1.165) is 35.0 Å². The number of carbonyl (C=O) groups is 1. The van der Waals surface area contributed by atoms with Crippen molar-refractivity contribution in [2.24, 2.45) is 7.05 Å². The average Bonchev–Trinajstić information content (AvgIpc) is 3.03. The maximum absolute atomic E-state index is 12.8. The van der Waals surface area contributed by atoms with Crippen molar-refractivity contribution < 1.29 is 35.9 Å². The molecule has 0 saturated carbocycles. The fourth-order valence-corrected chi connectivity index (χ4v) is 2.62. The Labute approximate surface area is 170 Å². The molecule has 2 aromatic heterocycles. The summed E-state index contributed by atoms with van der Waals surface area (Å²) in [4.78, 5) is 16.2. The monoisotopic (exact) mass is 445 g/mol. The number of nitrogen functional groups attached to an aromatic ring is 1. The van der Waals surface area contributed by atoms with Crippen LogP contribution in [0.5, 0.6) is 5.75 Å². The second kappa shape index (κ2) is 7.81. The van der Waals surface area contributed by atoms with Gasteiger partial charge in [-0.25, -0.2) is 4.98 Å². The lowest BCUT2D eigenvalue weighted by Crippen LogP contribution is -2.17. The lowest BCUT2D eigenvalue weighted by atomic mass is 10.1. The van der Waals surface area contributed by atoms with Crippen molar-refractivity contribution >= 4 is 17.5 Å². The Kier molecular flexibility index (Phi) is 5.53. The van der Waals surface area contributed by atoms with Crippen LogP contribution in [-0.4, -0.2) is 27.0 Å². The molecular formula is C18H13F6N5O2. The number of ether oxygens (including phenoxy) is 1. The Morgan fingerprint density at radius 3 is 2.23 bits per heavy atom. The third-order valence-electron chi connectivity index (χ3n) is 3.96. The van der Waals surface area contributed by atoms with Gasteiger partial charge in [0.2, 0.25) is 0 Å². The number of amides is 1. The van der Waals surface area contributed by atoms with Crippen molar-refractivity contribution in [2.45, 2.75) is 12.5 Å². The number of aromatic nitrogens is 3. The van der Waals surface area contributed by atoms with Crippen LogP contribution in [0.1, 0.15) is 16.1 Å². The molecule has 7 nitrogen and oxygen atoms in total. The van der Waals surface area contributed by atoms with Crippen LogP contribution in [0.15, 0.2) is 42.5 Å². The molecule has 164 valence electrons. The van der Waals surface area contributed by atoms with Crippen molar-refractivity contribution in [1.82, 2.24) is 14.8 Å². The number of benzene rings is 1. The van der Waals surface area contributed by atoms with Gasteiger partial charge in [-0.3, -0.25) is 9.48 Å². The third kappa shape index (κ3) is 5.24. The zero-order chi connectivity index (χ0) is 23.0. The minimum absolute atomic E-state index is 0.0138. The highest BCUT2D eigenvalue weighted by Crippen LogP contribution is 2.33. The van der Waals surface area contributed by atoms with Gasteiger partial charge in [0.15, 0.2) is 5.69 Å². The van der Waals surface area contributed by atoms with E-state index in [9.17, 15) is 31.1 Å². The molecular weight excluding hydrogens is 432 g/mol. The standard InChI is InChI=1S/C18H13F6N5O2/c1-29-12(8-13(28-29)17(19,20)21)11-6-7-14(26-15(11)25)27-16(30)9-2-4-10(5-3-9)31-18(22,23)24/h2-8H,1H3,(H3,25,26,27,30). The maximum Gasteiger partial charge on any atom is 0.573 e. The summed E-state index contributed by atoms with van der Waals surface area (Å²) in [6.07, 6.45) is -9.49. The molecule has 1 amide bonds. The largest absolute Gasteiger partial charge is 0.573 e. The topological polar surface area (TPSA) is 95.1 Å². The smallest absolute Gasteiger partial charge is 0.406 e. The number of nitrogens with zero attached hydrogens (tertiary/aromatic N) is 3. The molecule has 0 unspecified atom stereocenters. The normalized spacial score (nSPS) is 12.0. The highest BCUT2D eigenvalue weighted by atomic mass is 19.4. The van der Waals surface area contributed by atoms with Gasteiger partial charge in [0.25, 0.3) is 5.91 Å². The van der Waals surface area contributed by atoms with Gasteiger partial charge in [-0.05, 0) is 42.5 Å². The van der Waals surface area contributed by atoms with Gasteiger partial charge in [0.05, 0.1) is 5.69 Å². The third-order valence-corrected chi connectivity index (χ3v) is 3.96. The van der Waals surface area contributed by atoms with E-state index in [1.807, 2.05) is 0 Å². The predicted octanol–water partition coefficient (Wildman–Crippen LogP) is 4.23. The van der Waals surface area contributed by atoms with E-state index < -0.39 is 29.9 Å². The van der Waals surface area contributed by atoms with E-state index in [1.54, 1.807) is 0 Å². The Bertz CT molecular complexity index is 1110. The second-order valence-electron chi connectivity index (χ2n) is 6.19. The lowest BCUT2D eigenvalue weighted by molar-refractivity contribution is -0.274. The lowest BCUT2D eigenvalue weighted by Gasteiger charge is -2.10. The van der Waals surface area contributed by atoms with Crippen LogP contribution >= 0.6 is 0 Å². The molecule has 0 radical (unpaired) electrons. The van der Waals surface area contributed by atoms with E-state index in [0.29, 0.717) is 0 Å². The van der Waals surface area contributed by atoms with Gasteiger partial charge in [-0.2, -0.15) is 18.3 Å². The number of anilines is 2. The number of pyridine rings is 1. The summed E-state index contributed by atoms with van der Waals surface area (Å²) in [6, 6.07) is 7.64. The van der Waals surface area contributed by atoms with Crippen molar-refractivity contribution in [3.63, 3.8) is 0 Å². The number of halogens is 6. The van der Waals surface area contributed by atoms with Crippen LogP contribution < -0.4 is 15.8 Å². The molecule has 0 saturated heterocycles. The molecule has 3 aromatic rings. The highest BCUT2D eigenvalue weighted by Gasteiger charge is 2.35. The molecule has 3 rings (SSSR count). The molecule has 0 spiro atoms. The number of nitrogens with one attached hydrogen (secondary N) is 1. The van der Waals surface area contributed by atoms with Gasteiger partial charge < -0.3 is 15.8 Å². The zero-order valence-corrected chi connectivity index (χ0v) is 15.5. The Morgan fingerprint density at radius 1 is 1.06 bits per heavy atom. The van der Waals surface area contributed by atoms with Crippen LogP contribution in [0.3, 0.4) is 0 Å². The quantitative estimate of drug-likeness (QED) is 0.586. The van der Waals surface area contributed by atoms with Gasteiger partial charge in [-0.1, -0.05) is 0 Å². The fourth-order valence-electron chi connectivity index (χ4n) is 2.62. The SMILES string of the molecule is Cn1nc(C(F)(F)F)cc1-c1ccc(NC(=O)c2ccc(OC(F)(F)F)cc2)nc1N. The number of hydrogen-bond donors (Lipinski definition) is 2. The Hall–Kier alpha value is -3.77. The fraction of sp³-hybridized carbons (Fsp3) is 0.167. The second-order valence-corrected chi connectivity index (χ2v) is 6.19. The van der Waals surface area contributed by atoms with Crippen LogP contribution in [0.25, 0.3) is 11.3 Å². The van der Waals surface area contributed by atoms with Crippen molar-refractivity contribution in [2.75, 3.05) is 11.1 Å². The van der Waals surface area contributed by atoms with Crippen LogP contribution in [0, 0.1) is 0 Å². The summed E-state index contributed by atoms with van der Waals surface area (Å²) in [5.41, 5.74) is 4.97. The Morgan fingerprint density at radius 2 is 1.71 bits per heavy atom. The Balaban J connectivity index is 1.76. The van der Waals surface area contributed by atoms with E-state index in [1.165, 1.54) is 19.2 Å². The molecule has 0 atom stereocenters. The number of nitrogens with two attached hydrogens (primary N) is 1. The van der Waals surface area contributed by atoms with Gasteiger partial charge >= 0.3 is 12.5 Å². The number of alkyl halides is 6. The van der Waals surface area contributed by atoms with Crippen LogP contribution in [0.2, 0.25) is 0 Å². The molecule has 0 fully saturated rings. The van der Waals surface area contributed by atoms with E-state index in [2.05, 4.69) is 20.1 Å². The number of aryl methyl sites for hydroxylation is 1. The molecule has 1 aromatic carbocycles. The minimum Gasteiger partial charge on any atom is -0.406 e. The molecule has 0 bridgehead atoms. The summed E-state index contributed by atoms with van der Waals surface area (Å²) in [5, 5.41) is 5.79. The predicted molar refractivity (Wildman–Crippen MR) is 96.9 cm³/mol. The zero-order valence-electron chi connectivity index (χ0n) is 15.5. The van der Waals surface area contributed by atoms with E-state index in [-0.39, 0.29) is 28.5 Å². The highest BCUT2D eigenvalue weighted by molar-refractivity contribution is 6.04. The summed E-state index contributed by atoms with van der Waals surface area (Å²) in [6.45, 7) is 0. The molecule has 31 heavy (non-hydrogen) atoms. The summed E-state index contributed by atoms with van der Waals surface area (Å²) < 4.78 is 79.8. The minimum atomic E-state index is -4.86. The van der Waals surface area contributed by atoms with Crippen LogP contribution in [-0.2, 0) is 13.2 Å². The first-order chi connectivity index (χ1) is 14.3. The summed E-state index contributed by atoms with van der Waals surface area (Å²) in [5.74, 6) is -1.37. The number of carbonyl (C=O) groups excluding carboxylic acids is 1. The molecule has 2 heterocycles. The maximum atomic E-state index is 12.8. The summed E-state index contributed by atoms with van der Waals surface area (Å²) >= 11 is 0. The molecule has 3 N–H and O–H groups in total. The van der Waals surface area contributed by atoms with Crippen molar-refractivity contribution in [1.29, 1.82) is 0 Å². The number of rotatable bonds is 4. The van der Waals surface area contributed by atoms with Gasteiger partial charge in [-0.15, -0.1) is 13.2 Å². The van der Waals surface area contributed by atoms with Crippen molar-refractivity contribution in [3.8, 4) is 17.0 Å². The van der Waals surface area contributed by atoms with E-state index >= 15 is 0 Å². The molecule has 0 aliphatic rings. The average molecular weight is 445 g/mol. The van der Waals surface area contributed by atoms with Gasteiger partial charge in [0.1, 0.15) is 17.4 Å². The first-order valence-corrected chi connectivity index (χ1v) is 8.39. The molecule has 0 aliphatic heterocycles. The van der Waals surface area contributed by atoms with Gasteiger partial charge in [0, 0.05) is 18.2 Å². The summed E-state index contributed by atoms with van der Waals surface area (Å²) in [7, 11) is 1.31.